The van der Waals surface area contributed by atoms with Crippen molar-refractivity contribution in [3.8, 4) is 0 Å². The summed E-state index contributed by atoms with van der Waals surface area (Å²) in [6.45, 7) is 2.34. The van der Waals surface area contributed by atoms with Gasteiger partial charge in [0.1, 0.15) is 17.5 Å². The molecule has 0 saturated heterocycles. The molecule has 1 fully saturated rings. The Morgan fingerprint density at radius 2 is 1.92 bits per heavy atom. The molecule has 1 aromatic carbocycles. The fraction of sp³-hybridized carbons (Fsp3) is 0.368. The van der Waals surface area contributed by atoms with Crippen LogP contribution in [0.5, 0.6) is 0 Å². The Hall–Kier alpha value is -2.56. The molecule has 1 saturated carbocycles. The molecule has 0 amide bonds. The minimum atomic E-state index is -0.660. The summed E-state index contributed by atoms with van der Waals surface area (Å²) < 4.78 is 0. The lowest BCUT2D eigenvalue weighted by Crippen LogP contribution is -2.37. The second-order valence-corrected chi connectivity index (χ2v) is 6.23. The summed E-state index contributed by atoms with van der Waals surface area (Å²) in [4.78, 5) is 36.4. The summed E-state index contributed by atoms with van der Waals surface area (Å²) >= 11 is 0. The van der Waals surface area contributed by atoms with Crippen molar-refractivity contribution in [2.75, 3.05) is 6.54 Å². The Bertz CT molecular complexity index is 717. The molecule has 124 valence electrons. The molecule has 0 radical (unpaired) electrons. The first-order chi connectivity index (χ1) is 11.6. The molecule has 5 heteroatoms. The summed E-state index contributed by atoms with van der Waals surface area (Å²) in [5, 5.41) is 0. The van der Waals surface area contributed by atoms with E-state index >= 15 is 0 Å². The second kappa shape index (κ2) is 7.34. The van der Waals surface area contributed by atoms with Crippen LogP contribution < -0.4 is 0 Å². The summed E-state index contributed by atoms with van der Waals surface area (Å²) in [5.74, 6) is -0.683. The molecule has 0 atom stereocenters. The van der Waals surface area contributed by atoms with Crippen molar-refractivity contribution in [2.45, 2.75) is 32.1 Å². The lowest BCUT2D eigenvalue weighted by atomic mass is 9.75. The van der Waals surface area contributed by atoms with Crippen LogP contribution in [-0.4, -0.2) is 33.8 Å². The third kappa shape index (κ3) is 3.67. The van der Waals surface area contributed by atoms with E-state index in [0.29, 0.717) is 25.1 Å². The molecule has 1 N–H and O–H groups in total. The van der Waals surface area contributed by atoms with Gasteiger partial charge in [-0.3, -0.25) is 14.6 Å². The monoisotopic (exact) mass is 323 g/mol. The zero-order valence-electron chi connectivity index (χ0n) is 13.7. The quantitative estimate of drug-likeness (QED) is 0.679. The largest absolute Gasteiger partial charge is 0.348 e. The van der Waals surface area contributed by atoms with Gasteiger partial charge >= 0.3 is 0 Å². The number of aliphatic imine (C=N–C) groups is 1. The van der Waals surface area contributed by atoms with Crippen LogP contribution in [0.3, 0.4) is 0 Å². The van der Waals surface area contributed by atoms with Crippen molar-refractivity contribution in [1.29, 1.82) is 0 Å². The van der Waals surface area contributed by atoms with Gasteiger partial charge in [0.2, 0.25) is 0 Å². The summed E-state index contributed by atoms with van der Waals surface area (Å²) in [7, 11) is 0. The fourth-order valence-corrected chi connectivity index (χ4v) is 3.27. The molecule has 0 bridgehead atoms. The molecule has 0 aliphatic heterocycles. The highest BCUT2D eigenvalue weighted by atomic mass is 16.2. The fourth-order valence-electron chi connectivity index (χ4n) is 3.27. The standard InChI is InChI=1S/C19H21N3O2/c1-13(21-8-7-16-11-20-12-22-16)19-17(23)9-15(10-18(19)24)14-5-3-2-4-6-14/h2-6,11-12,15,19H,7-10H2,1H3,(H,20,22). The van der Waals surface area contributed by atoms with E-state index in [9.17, 15) is 9.59 Å². The van der Waals surface area contributed by atoms with Crippen LogP contribution in [0.25, 0.3) is 0 Å². The van der Waals surface area contributed by atoms with Crippen molar-refractivity contribution in [2.24, 2.45) is 10.9 Å². The van der Waals surface area contributed by atoms with E-state index in [2.05, 4.69) is 15.0 Å². The smallest absolute Gasteiger partial charge is 0.149 e. The van der Waals surface area contributed by atoms with E-state index in [0.717, 1.165) is 17.7 Å². The number of aromatic nitrogens is 2. The number of carbonyl (C=O) groups is 2. The van der Waals surface area contributed by atoms with Crippen LogP contribution in [0, 0.1) is 5.92 Å². The number of hydrogen-bond acceptors (Lipinski definition) is 4. The molecule has 1 aliphatic rings. The maximum absolute atomic E-state index is 12.5. The van der Waals surface area contributed by atoms with Gasteiger partial charge in [0.15, 0.2) is 0 Å². The number of hydrogen-bond donors (Lipinski definition) is 1. The predicted molar refractivity (Wildman–Crippen MR) is 92.2 cm³/mol. The molecule has 3 rings (SSSR count). The topological polar surface area (TPSA) is 75.2 Å². The van der Waals surface area contributed by atoms with Crippen molar-refractivity contribution < 1.29 is 9.59 Å². The van der Waals surface area contributed by atoms with Gasteiger partial charge < -0.3 is 4.98 Å². The Balaban J connectivity index is 1.64. The van der Waals surface area contributed by atoms with Crippen LogP contribution in [0.4, 0.5) is 0 Å². The number of ketones is 2. The Morgan fingerprint density at radius 1 is 1.21 bits per heavy atom. The summed E-state index contributed by atoms with van der Waals surface area (Å²) in [6, 6.07) is 9.79. The molecule has 1 aliphatic carbocycles. The number of nitrogens with zero attached hydrogens (tertiary/aromatic N) is 2. The molecule has 24 heavy (non-hydrogen) atoms. The van der Waals surface area contributed by atoms with E-state index in [-0.39, 0.29) is 17.5 Å². The summed E-state index contributed by atoms with van der Waals surface area (Å²) in [5.41, 5.74) is 2.69. The van der Waals surface area contributed by atoms with E-state index in [1.54, 1.807) is 19.4 Å². The zero-order chi connectivity index (χ0) is 16.9. The Labute approximate surface area is 141 Å². The highest BCUT2D eigenvalue weighted by Crippen LogP contribution is 2.32. The summed E-state index contributed by atoms with van der Waals surface area (Å²) in [6.07, 6.45) is 4.93. The van der Waals surface area contributed by atoms with E-state index < -0.39 is 5.92 Å². The van der Waals surface area contributed by atoms with Crippen molar-refractivity contribution in [3.63, 3.8) is 0 Å². The van der Waals surface area contributed by atoms with Gasteiger partial charge in [0.25, 0.3) is 0 Å². The lowest BCUT2D eigenvalue weighted by Gasteiger charge is -2.26. The first-order valence-corrected chi connectivity index (χ1v) is 8.23. The molecule has 1 aromatic heterocycles. The molecule has 0 unspecified atom stereocenters. The van der Waals surface area contributed by atoms with E-state index in [1.807, 2.05) is 30.3 Å². The van der Waals surface area contributed by atoms with Gasteiger partial charge in [-0.2, -0.15) is 0 Å². The number of benzene rings is 1. The van der Waals surface area contributed by atoms with Crippen molar-refractivity contribution >= 4 is 17.3 Å². The van der Waals surface area contributed by atoms with Gasteiger partial charge in [-0.05, 0) is 18.4 Å². The average Bonchev–Trinajstić information content (AvgIpc) is 3.08. The first-order valence-electron chi connectivity index (χ1n) is 8.23. The number of nitrogens with one attached hydrogen (secondary N) is 1. The number of imidazole rings is 1. The molecular formula is C19H21N3O2. The third-order valence-electron chi connectivity index (χ3n) is 4.53. The highest BCUT2D eigenvalue weighted by molar-refractivity contribution is 6.21. The van der Waals surface area contributed by atoms with Gasteiger partial charge in [-0.25, -0.2) is 4.98 Å². The average molecular weight is 323 g/mol. The van der Waals surface area contributed by atoms with Crippen LogP contribution in [-0.2, 0) is 16.0 Å². The number of aromatic amines is 1. The molecule has 2 aromatic rings. The second-order valence-electron chi connectivity index (χ2n) is 6.23. The highest BCUT2D eigenvalue weighted by Gasteiger charge is 2.37. The van der Waals surface area contributed by atoms with Gasteiger partial charge in [0.05, 0.1) is 6.33 Å². The minimum absolute atomic E-state index is 0.000225. The lowest BCUT2D eigenvalue weighted by molar-refractivity contribution is -0.133. The van der Waals surface area contributed by atoms with Gasteiger partial charge in [-0.1, -0.05) is 30.3 Å². The number of rotatable bonds is 5. The van der Waals surface area contributed by atoms with Crippen LogP contribution in [0.15, 0.2) is 47.8 Å². The van der Waals surface area contributed by atoms with Crippen LogP contribution in [0.1, 0.15) is 36.9 Å². The maximum atomic E-state index is 12.5. The number of carbonyl (C=O) groups excluding carboxylic acids is 2. The van der Waals surface area contributed by atoms with Gasteiger partial charge in [-0.15, -0.1) is 0 Å². The van der Waals surface area contributed by atoms with Crippen LogP contribution in [0.2, 0.25) is 0 Å². The Morgan fingerprint density at radius 3 is 2.54 bits per heavy atom. The zero-order valence-corrected chi connectivity index (χ0v) is 13.7. The molecule has 0 spiro atoms. The van der Waals surface area contributed by atoms with E-state index in [4.69, 9.17) is 0 Å². The van der Waals surface area contributed by atoms with E-state index in [1.165, 1.54) is 0 Å². The minimum Gasteiger partial charge on any atom is -0.348 e. The van der Waals surface area contributed by atoms with Gasteiger partial charge in [0, 0.05) is 43.4 Å². The predicted octanol–water partition coefficient (Wildman–Crippen LogP) is 2.75. The SMILES string of the molecule is CC(=NCCc1cnc[nH]1)C1C(=O)CC(c2ccccc2)CC1=O. The maximum Gasteiger partial charge on any atom is 0.149 e. The first kappa shape index (κ1) is 16.3. The molecular weight excluding hydrogens is 302 g/mol. The molecule has 1 heterocycles. The number of Topliss-reactive ketones (excluding diaryl/α,β-unsaturated/α-hetero) is 2. The number of H-pyrrole nitrogens is 1. The normalized spacial score (nSPS) is 22.0. The Kier molecular flexibility index (Phi) is 4.99. The third-order valence-corrected chi connectivity index (χ3v) is 4.53. The molecule has 5 nitrogen and oxygen atoms in total. The van der Waals surface area contributed by atoms with Crippen molar-refractivity contribution in [3.05, 3.63) is 54.1 Å². The van der Waals surface area contributed by atoms with Crippen LogP contribution >= 0.6 is 0 Å². The van der Waals surface area contributed by atoms with Crippen molar-refractivity contribution in [1.82, 2.24) is 9.97 Å².